The molecule has 0 spiro atoms. The Morgan fingerprint density at radius 1 is 1.11 bits per heavy atom. The van der Waals surface area contributed by atoms with Crippen LogP contribution in [0, 0.1) is 0 Å². The van der Waals surface area contributed by atoms with Crippen molar-refractivity contribution < 1.29 is 14.2 Å². The van der Waals surface area contributed by atoms with Gasteiger partial charge in [0.15, 0.2) is 0 Å². The molecule has 0 aliphatic carbocycles. The van der Waals surface area contributed by atoms with E-state index in [1.807, 2.05) is 0 Å². The summed E-state index contributed by atoms with van der Waals surface area (Å²) in [6, 6.07) is 5.22. The van der Waals surface area contributed by atoms with Crippen LogP contribution in [0.3, 0.4) is 0 Å². The third kappa shape index (κ3) is 3.43. The number of nitrogens with zero attached hydrogens (tertiary/aromatic N) is 1. The number of halogens is 2. The van der Waals surface area contributed by atoms with E-state index in [2.05, 4.69) is 4.98 Å². The van der Waals surface area contributed by atoms with Gasteiger partial charge in [0.2, 0.25) is 0 Å². The minimum atomic E-state index is 0.307. The maximum Gasteiger partial charge on any atom is 0.280 e. The zero-order valence-corrected chi connectivity index (χ0v) is 12.6. The minimum Gasteiger partial charge on any atom is -0.496 e. The van der Waals surface area contributed by atoms with Crippen molar-refractivity contribution in [3.63, 3.8) is 0 Å². The van der Waals surface area contributed by atoms with Crippen molar-refractivity contribution in [3.05, 3.63) is 28.2 Å². The first kappa shape index (κ1) is 14.2. The highest BCUT2D eigenvalue weighted by Gasteiger charge is 2.11. The van der Waals surface area contributed by atoms with Crippen LogP contribution in [0.2, 0.25) is 5.15 Å². The molecule has 0 unspecified atom stereocenters. The largest absolute Gasteiger partial charge is 0.496 e. The van der Waals surface area contributed by atoms with Crippen LogP contribution in [0.25, 0.3) is 0 Å². The van der Waals surface area contributed by atoms with Crippen LogP contribution in [0.5, 0.6) is 22.4 Å². The van der Waals surface area contributed by atoms with E-state index in [9.17, 15) is 0 Å². The molecule has 102 valence electrons. The van der Waals surface area contributed by atoms with Crippen molar-refractivity contribution in [2.45, 2.75) is 5.88 Å². The molecule has 2 rings (SSSR count). The molecule has 1 aromatic heterocycles. The first-order valence-electron chi connectivity index (χ1n) is 5.28. The van der Waals surface area contributed by atoms with Crippen LogP contribution < -0.4 is 14.2 Å². The lowest BCUT2D eigenvalue weighted by Crippen LogP contribution is -1.89. The molecule has 0 fully saturated rings. The molecule has 0 saturated heterocycles. The van der Waals surface area contributed by atoms with Crippen molar-refractivity contribution in [3.8, 4) is 22.4 Å². The van der Waals surface area contributed by atoms with Gasteiger partial charge in [-0.05, 0) is 0 Å². The number of hydrogen-bond donors (Lipinski definition) is 0. The van der Waals surface area contributed by atoms with Crippen molar-refractivity contribution in [1.29, 1.82) is 0 Å². The molecule has 1 heterocycles. The van der Waals surface area contributed by atoms with Gasteiger partial charge in [-0.15, -0.1) is 11.6 Å². The average molecular weight is 320 g/mol. The molecule has 0 aliphatic rings. The summed E-state index contributed by atoms with van der Waals surface area (Å²) in [5.41, 5.74) is 0. The van der Waals surface area contributed by atoms with Crippen molar-refractivity contribution in [2.75, 3.05) is 14.2 Å². The summed E-state index contributed by atoms with van der Waals surface area (Å²) in [5.74, 6) is 2.13. The van der Waals surface area contributed by atoms with E-state index in [0.717, 1.165) is 4.88 Å². The fourth-order valence-corrected chi connectivity index (χ4v) is 2.72. The van der Waals surface area contributed by atoms with E-state index in [-0.39, 0.29) is 0 Å². The molecule has 1 aromatic carbocycles. The van der Waals surface area contributed by atoms with Crippen LogP contribution in [0.1, 0.15) is 4.88 Å². The second-order valence-corrected chi connectivity index (χ2v) is 5.15. The van der Waals surface area contributed by atoms with Gasteiger partial charge >= 0.3 is 0 Å². The Balaban J connectivity index is 2.26. The van der Waals surface area contributed by atoms with Gasteiger partial charge in [0.25, 0.3) is 5.19 Å². The smallest absolute Gasteiger partial charge is 0.280 e. The summed E-state index contributed by atoms with van der Waals surface area (Å²) in [4.78, 5) is 4.85. The molecule has 0 aliphatic heterocycles. The quantitative estimate of drug-likeness (QED) is 0.768. The van der Waals surface area contributed by atoms with Gasteiger partial charge in [0.1, 0.15) is 22.4 Å². The summed E-state index contributed by atoms with van der Waals surface area (Å²) < 4.78 is 16.0. The molecule has 0 amide bonds. The zero-order chi connectivity index (χ0) is 13.8. The lowest BCUT2D eigenvalue weighted by atomic mass is 10.3. The Bertz CT molecular complexity index is 552. The topological polar surface area (TPSA) is 40.6 Å². The summed E-state index contributed by atoms with van der Waals surface area (Å²) in [6.07, 6.45) is 0. The molecule has 4 nitrogen and oxygen atoms in total. The molecule has 0 N–H and O–H groups in total. The number of hydrogen-bond acceptors (Lipinski definition) is 5. The van der Waals surface area contributed by atoms with Gasteiger partial charge < -0.3 is 14.2 Å². The molecule has 7 heteroatoms. The SMILES string of the molecule is COc1cc(OC)cc(Oc2nc(Cl)c(CCl)s2)c1. The van der Waals surface area contributed by atoms with Gasteiger partial charge in [0, 0.05) is 18.2 Å². The predicted octanol–water partition coefficient (Wildman–Crippen LogP) is 4.34. The number of methoxy groups -OCH3 is 2. The fraction of sp³-hybridized carbons (Fsp3) is 0.250. The fourth-order valence-electron chi connectivity index (χ4n) is 1.38. The van der Waals surface area contributed by atoms with Crippen LogP contribution in [0.15, 0.2) is 18.2 Å². The summed E-state index contributed by atoms with van der Waals surface area (Å²) >= 11 is 13.0. The average Bonchev–Trinajstić information content (AvgIpc) is 2.78. The maximum atomic E-state index is 5.91. The number of rotatable bonds is 5. The van der Waals surface area contributed by atoms with Crippen molar-refractivity contribution in [2.24, 2.45) is 0 Å². The lowest BCUT2D eigenvalue weighted by Gasteiger charge is -2.07. The molecular weight excluding hydrogens is 309 g/mol. The Morgan fingerprint density at radius 2 is 1.68 bits per heavy atom. The molecule has 0 saturated carbocycles. The van der Waals surface area contributed by atoms with E-state index in [1.54, 1.807) is 32.4 Å². The summed E-state index contributed by atoms with van der Waals surface area (Å²) in [5, 5.41) is 0.792. The first-order valence-corrected chi connectivity index (χ1v) is 7.01. The molecule has 19 heavy (non-hydrogen) atoms. The molecule has 0 radical (unpaired) electrons. The van der Waals surface area contributed by atoms with E-state index >= 15 is 0 Å². The lowest BCUT2D eigenvalue weighted by molar-refractivity contribution is 0.386. The Morgan fingerprint density at radius 3 is 2.16 bits per heavy atom. The highest BCUT2D eigenvalue weighted by molar-refractivity contribution is 7.14. The third-order valence-electron chi connectivity index (χ3n) is 2.28. The molecule has 0 atom stereocenters. The summed E-state index contributed by atoms with van der Waals surface area (Å²) in [7, 11) is 3.15. The second kappa shape index (κ2) is 6.32. The number of ether oxygens (including phenoxy) is 3. The number of benzene rings is 1. The Labute approximate surface area is 124 Å². The number of thiazole rings is 1. The normalized spacial score (nSPS) is 10.3. The highest BCUT2D eigenvalue weighted by Crippen LogP contribution is 2.35. The van der Waals surface area contributed by atoms with Crippen molar-refractivity contribution >= 4 is 34.5 Å². The second-order valence-electron chi connectivity index (χ2n) is 3.48. The predicted molar refractivity (Wildman–Crippen MR) is 76.3 cm³/mol. The van der Waals surface area contributed by atoms with Crippen LogP contribution in [-0.4, -0.2) is 19.2 Å². The Hall–Kier alpha value is -1.17. The minimum absolute atomic E-state index is 0.307. The zero-order valence-electron chi connectivity index (χ0n) is 10.3. The van der Waals surface area contributed by atoms with E-state index in [1.165, 1.54) is 11.3 Å². The molecule has 0 bridgehead atoms. The molecule has 2 aromatic rings. The monoisotopic (exact) mass is 319 g/mol. The van der Waals surface area contributed by atoms with Gasteiger partial charge in [-0.1, -0.05) is 22.9 Å². The van der Waals surface area contributed by atoms with Gasteiger partial charge in [-0.2, -0.15) is 4.98 Å². The van der Waals surface area contributed by atoms with Crippen LogP contribution in [-0.2, 0) is 5.88 Å². The van der Waals surface area contributed by atoms with E-state index in [0.29, 0.717) is 33.5 Å². The molecular formula is C12H11Cl2NO3S. The van der Waals surface area contributed by atoms with Crippen molar-refractivity contribution in [1.82, 2.24) is 4.98 Å². The first-order chi connectivity index (χ1) is 9.16. The van der Waals surface area contributed by atoms with Gasteiger partial charge in [-0.25, -0.2) is 0 Å². The van der Waals surface area contributed by atoms with Crippen LogP contribution in [0.4, 0.5) is 0 Å². The standard InChI is InChI=1S/C12H11Cl2NO3S/c1-16-7-3-8(17-2)5-9(4-7)18-12-15-11(14)10(6-13)19-12/h3-5H,6H2,1-2H3. The number of aromatic nitrogens is 1. The highest BCUT2D eigenvalue weighted by atomic mass is 35.5. The number of alkyl halides is 1. The van der Waals surface area contributed by atoms with Crippen LogP contribution >= 0.6 is 34.5 Å². The third-order valence-corrected chi connectivity index (χ3v) is 4.07. The van der Waals surface area contributed by atoms with E-state index < -0.39 is 0 Å². The van der Waals surface area contributed by atoms with Gasteiger partial charge in [-0.3, -0.25) is 0 Å². The van der Waals surface area contributed by atoms with Gasteiger partial charge in [0.05, 0.1) is 25.0 Å². The maximum absolute atomic E-state index is 5.91. The van der Waals surface area contributed by atoms with E-state index in [4.69, 9.17) is 37.4 Å². The Kier molecular flexibility index (Phi) is 4.74. The summed E-state index contributed by atoms with van der Waals surface area (Å²) in [6.45, 7) is 0.